The first-order valence-electron chi connectivity index (χ1n) is 11.7. The first kappa shape index (κ1) is 25.2. The minimum atomic E-state index is -4.47. The summed E-state index contributed by atoms with van der Waals surface area (Å²) in [4.78, 5) is 27.2. The maximum absolute atomic E-state index is 12.9. The third kappa shape index (κ3) is 6.21. The van der Waals surface area contributed by atoms with Crippen molar-refractivity contribution in [1.29, 1.82) is 0 Å². The number of carbonyl (C=O) groups excluding carboxylic acids is 1. The molecule has 1 saturated carbocycles. The number of hydrogen-bond acceptors (Lipinski definition) is 5. The summed E-state index contributed by atoms with van der Waals surface area (Å²) in [5, 5.41) is 18.6. The van der Waals surface area contributed by atoms with Crippen LogP contribution in [-0.4, -0.2) is 38.3 Å². The van der Waals surface area contributed by atoms with Gasteiger partial charge in [0.15, 0.2) is 5.82 Å². The molecule has 1 atom stereocenters. The van der Waals surface area contributed by atoms with Gasteiger partial charge in [0.05, 0.1) is 36.1 Å². The number of halogens is 3. The molecule has 1 fully saturated rings. The van der Waals surface area contributed by atoms with Crippen LogP contribution in [0, 0.1) is 5.92 Å². The number of alkyl halides is 3. The van der Waals surface area contributed by atoms with Crippen LogP contribution in [0.5, 0.6) is 0 Å². The second kappa shape index (κ2) is 10.8. The van der Waals surface area contributed by atoms with E-state index in [1.165, 1.54) is 0 Å². The molecule has 1 aromatic carbocycles. The zero-order valence-electron chi connectivity index (χ0n) is 19.3. The smallest absolute Gasteiger partial charge is 0.419 e. The number of aromatic nitrogens is 3. The number of pyridine rings is 1. The summed E-state index contributed by atoms with van der Waals surface area (Å²) < 4.78 is 39.7. The van der Waals surface area contributed by atoms with Gasteiger partial charge in [0, 0.05) is 18.3 Å². The fourth-order valence-corrected chi connectivity index (χ4v) is 4.37. The van der Waals surface area contributed by atoms with E-state index in [1.54, 1.807) is 30.5 Å². The molecule has 4 rings (SSSR count). The van der Waals surface area contributed by atoms with Crippen LogP contribution in [0.15, 0.2) is 55.0 Å². The van der Waals surface area contributed by atoms with E-state index in [9.17, 15) is 22.8 Å². The maximum Gasteiger partial charge on any atom is 0.419 e. The Kier molecular flexibility index (Phi) is 7.56. The normalized spacial score (nSPS) is 15.0. The highest BCUT2D eigenvalue weighted by molar-refractivity contribution is 5.94. The monoisotopic (exact) mass is 501 g/mol. The van der Waals surface area contributed by atoms with Crippen molar-refractivity contribution >= 4 is 17.6 Å². The summed E-state index contributed by atoms with van der Waals surface area (Å²) in [7, 11) is 0. The van der Waals surface area contributed by atoms with E-state index in [2.05, 4.69) is 20.7 Å². The molecule has 0 bridgehead atoms. The molecule has 2 aromatic heterocycles. The number of amides is 1. The Morgan fingerprint density at radius 2 is 1.81 bits per heavy atom. The van der Waals surface area contributed by atoms with E-state index in [4.69, 9.17) is 5.11 Å². The molecule has 0 aliphatic heterocycles. The van der Waals surface area contributed by atoms with Gasteiger partial charge >= 0.3 is 12.1 Å². The Labute approximate surface area is 205 Å². The topological polar surface area (TPSA) is 109 Å². The van der Waals surface area contributed by atoms with E-state index >= 15 is 0 Å². The fraction of sp³-hybridized carbons (Fsp3) is 0.360. The number of carboxylic acids is 1. The third-order valence-corrected chi connectivity index (χ3v) is 6.24. The number of carboxylic acid groups (broad SMARTS) is 1. The highest BCUT2D eigenvalue weighted by Gasteiger charge is 2.32. The van der Waals surface area contributed by atoms with Crippen molar-refractivity contribution < 1.29 is 27.9 Å². The lowest BCUT2D eigenvalue weighted by Gasteiger charge is -2.26. The quantitative estimate of drug-likeness (QED) is 0.387. The van der Waals surface area contributed by atoms with Gasteiger partial charge < -0.3 is 15.7 Å². The number of aliphatic carboxylic acids is 1. The number of rotatable bonds is 9. The standard InChI is InChI=1S/C25H26F3N5O3/c26-25(27,28)19-13-31-33(15-19)21-10-9-20(14-30-21)32-23(16-3-1-2-4-16)17-5-7-18(8-6-17)24(36)29-12-11-22(34)35/h5-10,13-16,23,32H,1-4,11-12H2,(H,29,36)(H,34,35). The number of hydrogen-bond donors (Lipinski definition) is 3. The molecule has 1 aliphatic carbocycles. The van der Waals surface area contributed by atoms with Crippen LogP contribution in [0.2, 0.25) is 0 Å². The maximum atomic E-state index is 12.9. The minimum absolute atomic E-state index is 0.0363. The van der Waals surface area contributed by atoms with Crippen molar-refractivity contribution in [3.63, 3.8) is 0 Å². The van der Waals surface area contributed by atoms with Gasteiger partial charge in [0.2, 0.25) is 0 Å². The molecule has 1 amide bonds. The fourth-order valence-electron chi connectivity index (χ4n) is 4.37. The number of nitrogens with one attached hydrogen (secondary N) is 2. The van der Waals surface area contributed by atoms with Crippen molar-refractivity contribution in [3.05, 3.63) is 71.7 Å². The summed E-state index contributed by atoms with van der Waals surface area (Å²) in [6, 6.07) is 10.5. The molecule has 2 heterocycles. The van der Waals surface area contributed by atoms with Gasteiger partial charge in [0.25, 0.3) is 5.91 Å². The first-order valence-corrected chi connectivity index (χ1v) is 11.7. The van der Waals surface area contributed by atoms with Gasteiger partial charge in [0.1, 0.15) is 0 Å². The van der Waals surface area contributed by atoms with Gasteiger partial charge in [-0.15, -0.1) is 0 Å². The molecular formula is C25H26F3N5O3. The van der Waals surface area contributed by atoms with E-state index in [0.717, 1.165) is 48.3 Å². The predicted molar refractivity (Wildman–Crippen MR) is 126 cm³/mol. The molecule has 190 valence electrons. The van der Waals surface area contributed by atoms with Crippen LogP contribution in [0.1, 0.15) is 59.6 Å². The molecule has 0 saturated heterocycles. The summed E-state index contributed by atoms with van der Waals surface area (Å²) in [6.07, 6.45) is 2.97. The lowest BCUT2D eigenvalue weighted by molar-refractivity contribution is -0.138. The molecule has 3 N–H and O–H groups in total. The molecular weight excluding hydrogens is 475 g/mol. The Bertz CT molecular complexity index is 1190. The summed E-state index contributed by atoms with van der Waals surface area (Å²) in [6.45, 7) is 0.0568. The van der Waals surface area contributed by atoms with Crippen molar-refractivity contribution in [2.45, 2.75) is 44.3 Å². The van der Waals surface area contributed by atoms with Crippen LogP contribution >= 0.6 is 0 Å². The number of benzene rings is 1. The summed E-state index contributed by atoms with van der Waals surface area (Å²) in [5.74, 6) is -0.665. The number of anilines is 1. The van der Waals surface area contributed by atoms with Crippen molar-refractivity contribution in [2.24, 2.45) is 5.92 Å². The van der Waals surface area contributed by atoms with E-state index < -0.39 is 17.7 Å². The Morgan fingerprint density at radius 1 is 1.08 bits per heavy atom. The van der Waals surface area contributed by atoms with Crippen LogP contribution < -0.4 is 10.6 Å². The van der Waals surface area contributed by atoms with Gasteiger partial charge in [-0.25, -0.2) is 9.67 Å². The first-order chi connectivity index (χ1) is 17.2. The second-order valence-electron chi connectivity index (χ2n) is 8.76. The van der Waals surface area contributed by atoms with Crippen LogP contribution in [0.4, 0.5) is 18.9 Å². The van der Waals surface area contributed by atoms with E-state index in [-0.39, 0.29) is 30.7 Å². The molecule has 11 heteroatoms. The largest absolute Gasteiger partial charge is 0.481 e. The van der Waals surface area contributed by atoms with Crippen molar-refractivity contribution in [2.75, 3.05) is 11.9 Å². The van der Waals surface area contributed by atoms with Crippen molar-refractivity contribution in [1.82, 2.24) is 20.1 Å². The molecule has 3 aromatic rings. The molecule has 1 unspecified atom stereocenters. The Balaban J connectivity index is 1.47. The lowest BCUT2D eigenvalue weighted by Crippen LogP contribution is -2.26. The average Bonchev–Trinajstić information content (AvgIpc) is 3.55. The third-order valence-electron chi connectivity index (χ3n) is 6.24. The molecule has 36 heavy (non-hydrogen) atoms. The number of carbonyl (C=O) groups is 2. The average molecular weight is 502 g/mol. The predicted octanol–water partition coefficient (Wildman–Crippen LogP) is 4.83. The zero-order chi connectivity index (χ0) is 25.7. The highest BCUT2D eigenvalue weighted by Crippen LogP contribution is 2.38. The van der Waals surface area contributed by atoms with E-state index in [0.29, 0.717) is 17.2 Å². The van der Waals surface area contributed by atoms with Crippen LogP contribution in [0.25, 0.3) is 5.82 Å². The van der Waals surface area contributed by atoms with Crippen molar-refractivity contribution in [3.8, 4) is 5.82 Å². The SMILES string of the molecule is O=C(O)CCNC(=O)c1ccc(C(Nc2ccc(-n3cc(C(F)(F)F)cn3)nc2)C2CCCC2)cc1. The summed E-state index contributed by atoms with van der Waals surface area (Å²) >= 11 is 0. The van der Waals surface area contributed by atoms with Crippen LogP contribution in [0.3, 0.4) is 0 Å². The van der Waals surface area contributed by atoms with Gasteiger partial charge in [-0.2, -0.15) is 18.3 Å². The van der Waals surface area contributed by atoms with E-state index in [1.807, 2.05) is 12.1 Å². The molecule has 0 radical (unpaired) electrons. The van der Waals surface area contributed by atoms with Crippen LogP contribution in [-0.2, 0) is 11.0 Å². The summed E-state index contributed by atoms with van der Waals surface area (Å²) in [5.41, 5.74) is 1.31. The second-order valence-corrected chi connectivity index (χ2v) is 8.76. The Hall–Kier alpha value is -3.89. The van der Waals surface area contributed by atoms with Gasteiger partial charge in [-0.1, -0.05) is 25.0 Å². The minimum Gasteiger partial charge on any atom is -0.481 e. The molecule has 0 spiro atoms. The zero-order valence-corrected chi connectivity index (χ0v) is 19.3. The Morgan fingerprint density at radius 3 is 2.39 bits per heavy atom. The lowest BCUT2D eigenvalue weighted by atomic mass is 9.91. The van der Waals surface area contributed by atoms with Gasteiger partial charge in [-0.3, -0.25) is 9.59 Å². The number of nitrogens with zero attached hydrogens (tertiary/aromatic N) is 3. The molecule has 1 aliphatic rings. The molecule has 8 nitrogen and oxygen atoms in total. The van der Waals surface area contributed by atoms with Gasteiger partial charge in [-0.05, 0) is 48.6 Å². The highest BCUT2D eigenvalue weighted by atomic mass is 19.4.